The molecule has 1 atom stereocenters. The lowest BCUT2D eigenvalue weighted by Crippen LogP contribution is -2.27. The molecule has 0 aliphatic heterocycles. The number of carbonyl (C=O) groups is 2. The van der Waals surface area contributed by atoms with E-state index in [1.165, 1.54) is 31.2 Å². The number of aromatic nitrogens is 1. The zero-order valence-electron chi connectivity index (χ0n) is 15.4. The van der Waals surface area contributed by atoms with Crippen LogP contribution in [0.25, 0.3) is 11.0 Å². The predicted octanol–water partition coefficient (Wildman–Crippen LogP) is 3.15. The Morgan fingerprint density at radius 1 is 1.17 bits per heavy atom. The van der Waals surface area contributed by atoms with E-state index in [0.717, 1.165) is 17.1 Å². The van der Waals surface area contributed by atoms with E-state index >= 15 is 0 Å². The normalized spacial score (nSPS) is 12.6. The molecular weight excluding hydrogens is 416 g/mol. The van der Waals surface area contributed by atoms with Gasteiger partial charge in [0.1, 0.15) is 0 Å². The van der Waals surface area contributed by atoms with Gasteiger partial charge in [0.05, 0.1) is 16.5 Å². The lowest BCUT2D eigenvalue weighted by molar-refractivity contribution is -0.119. The summed E-state index contributed by atoms with van der Waals surface area (Å²) in [6.45, 7) is 1.43. The fourth-order valence-corrected chi connectivity index (χ4v) is 3.90. The Kier molecular flexibility index (Phi) is 6.36. The third kappa shape index (κ3) is 5.43. The molecule has 1 unspecified atom stereocenters. The number of para-hydroxylation sites is 1. The summed E-state index contributed by atoms with van der Waals surface area (Å²) in [6, 6.07) is 12.4. The highest BCUT2D eigenvalue weighted by atomic mass is 32.2. The summed E-state index contributed by atoms with van der Waals surface area (Å²) < 4.78 is 36.6. The minimum atomic E-state index is -4.31. The molecule has 29 heavy (non-hydrogen) atoms. The van der Waals surface area contributed by atoms with Crippen molar-refractivity contribution in [3.05, 3.63) is 54.2 Å². The molecule has 3 rings (SSSR count). The Morgan fingerprint density at radius 2 is 1.86 bits per heavy atom. The Hall–Kier alpha value is -2.69. The number of amides is 1. The first-order valence-corrected chi connectivity index (χ1v) is 11.0. The molecule has 3 aromatic rings. The van der Waals surface area contributed by atoms with Crippen molar-refractivity contribution in [2.45, 2.75) is 18.2 Å². The van der Waals surface area contributed by atoms with Crippen LogP contribution in [0.3, 0.4) is 0 Å². The van der Waals surface area contributed by atoms with Gasteiger partial charge in [0.25, 0.3) is 10.1 Å². The summed E-state index contributed by atoms with van der Waals surface area (Å²) in [5.41, 5.74) is 1.60. The smallest absolute Gasteiger partial charge is 0.294 e. The Balaban J connectivity index is 1.78. The average molecular weight is 434 g/mol. The molecule has 0 saturated carbocycles. The molecule has 0 spiro atoms. The monoisotopic (exact) mass is 434 g/mol. The molecule has 152 valence electrons. The van der Waals surface area contributed by atoms with E-state index in [-0.39, 0.29) is 28.1 Å². The molecule has 1 heterocycles. The zero-order valence-corrected chi connectivity index (χ0v) is 17.0. The molecule has 2 aromatic carbocycles. The van der Waals surface area contributed by atoms with Crippen molar-refractivity contribution in [2.24, 2.45) is 5.92 Å². The number of rotatable bonds is 7. The maximum Gasteiger partial charge on any atom is 0.294 e. The summed E-state index contributed by atoms with van der Waals surface area (Å²) in [7, 11) is -4.31. The van der Waals surface area contributed by atoms with Crippen molar-refractivity contribution in [3.8, 4) is 0 Å². The van der Waals surface area contributed by atoms with Crippen LogP contribution in [0.4, 0.5) is 5.69 Å². The summed E-state index contributed by atoms with van der Waals surface area (Å²) in [4.78, 5) is 23.9. The van der Waals surface area contributed by atoms with Gasteiger partial charge in [-0.05, 0) is 36.4 Å². The van der Waals surface area contributed by atoms with Crippen LogP contribution in [0, 0.1) is 5.92 Å². The minimum absolute atomic E-state index is 0.106. The molecular formula is C19H18N2O6S2. The van der Waals surface area contributed by atoms with Gasteiger partial charge < -0.3 is 9.84 Å². The first-order chi connectivity index (χ1) is 13.7. The van der Waals surface area contributed by atoms with E-state index < -0.39 is 16.0 Å². The van der Waals surface area contributed by atoms with E-state index in [1.807, 2.05) is 18.2 Å². The summed E-state index contributed by atoms with van der Waals surface area (Å²) >= 11 is 1.04. The second kappa shape index (κ2) is 8.76. The number of benzene rings is 2. The van der Waals surface area contributed by atoms with Gasteiger partial charge in [-0.3, -0.25) is 14.1 Å². The predicted molar refractivity (Wildman–Crippen MR) is 109 cm³/mol. The van der Waals surface area contributed by atoms with Crippen LogP contribution in [0.2, 0.25) is 0 Å². The summed E-state index contributed by atoms with van der Waals surface area (Å²) in [5.74, 6) is -0.657. The average Bonchev–Trinajstić information content (AvgIpc) is 3.07. The SMILES string of the molecule is CC(=O)SCC(Cc1noc2ccccc12)C(=O)Nc1ccc(S(=O)(=O)O)cc1. The lowest BCUT2D eigenvalue weighted by atomic mass is 10.0. The van der Waals surface area contributed by atoms with E-state index in [4.69, 9.17) is 9.08 Å². The van der Waals surface area contributed by atoms with Gasteiger partial charge >= 0.3 is 0 Å². The molecule has 0 saturated heterocycles. The third-order valence-electron chi connectivity index (χ3n) is 4.17. The van der Waals surface area contributed by atoms with Crippen LogP contribution in [0.1, 0.15) is 12.6 Å². The summed E-state index contributed by atoms with van der Waals surface area (Å²) in [6.07, 6.45) is 0.270. The van der Waals surface area contributed by atoms with Gasteiger partial charge in [0, 0.05) is 30.2 Å². The largest absolute Gasteiger partial charge is 0.356 e. The molecule has 0 aliphatic rings. The first kappa shape index (κ1) is 21.0. The van der Waals surface area contributed by atoms with Crippen molar-refractivity contribution in [1.29, 1.82) is 0 Å². The molecule has 0 radical (unpaired) electrons. The first-order valence-electron chi connectivity index (χ1n) is 8.59. The number of thioether (sulfide) groups is 1. The van der Waals surface area contributed by atoms with Gasteiger partial charge in [0.2, 0.25) is 5.91 Å². The summed E-state index contributed by atoms with van der Waals surface area (Å²) in [5, 5.41) is 7.45. The topological polar surface area (TPSA) is 127 Å². The van der Waals surface area contributed by atoms with Crippen LogP contribution < -0.4 is 5.32 Å². The van der Waals surface area contributed by atoms with E-state index in [0.29, 0.717) is 17.0 Å². The molecule has 1 aromatic heterocycles. The van der Waals surface area contributed by atoms with Crippen LogP contribution in [0.15, 0.2) is 57.9 Å². The highest BCUT2D eigenvalue weighted by Gasteiger charge is 2.23. The fourth-order valence-electron chi connectivity index (χ4n) is 2.72. The number of nitrogens with zero attached hydrogens (tertiary/aromatic N) is 1. The van der Waals surface area contributed by atoms with Crippen LogP contribution in [0.5, 0.6) is 0 Å². The Labute approximate surface area is 171 Å². The van der Waals surface area contributed by atoms with Crippen molar-refractivity contribution in [2.75, 3.05) is 11.1 Å². The van der Waals surface area contributed by atoms with E-state index in [9.17, 15) is 18.0 Å². The molecule has 2 N–H and O–H groups in total. The van der Waals surface area contributed by atoms with Gasteiger partial charge in [-0.25, -0.2) is 0 Å². The number of hydrogen-bond donors (Lipinski definition) is 2. The second-order valence-electron chi connectivity index (χ2n) is 6.32. The van der Waals surface area contributed by atoms with Gasteiger partial charge in [-0.1, -0.05) is 29.1 Å². The number of hydrogen-bond acceptors (Lipinski definition) is 7. The van der Waals surface area contributed by atoms with Gasteiger partial charge in [-0.2, -0.15) is 8.42 Å². The lowest BCUT2D eigenvalue weighted by Gasteiger charge is -2.15. The number of fused-ring (bicyclic) bond motifs is 1. The molecule has 0 aliphatic carbocycles. The maximum absolute atomic E-state index is 12.8. The number of carbonyl (C=O) groups excluding carboxylic acids is 2. The Morgan fingerprint density at radius 3 is 2.52 bits per heavy atom. The van der Waals surface area contributed by atoms with Crippen molar-refractivity contribution in [1.82, 2.24) is 5.16 Å². The molecule has 1 amide bonds. The van der Waals surface area contributed by atoms with Gasteiger partial charge in [0.15, 0.2) is 10.7 Å². The number of anilines is 1. The fraction of sp³-hybridized carbons (Fsp3) is 0.211. The molecule has 0 fully saturated rings. The minimum Gasteiger partial charge on any atom is -0.356 e. The molecule has 0 bridgehead atoms. The zero-order chi connectivity index (χ0) is 21.0. The highest BCUT2D eigenvalue weighted by Crippen LogP contribution is 2.24. The van der Waals surface area contributed by atoms with E-state index in [1.54, 1.807) is 6.07 Å². The van der Waals surface area contributed by atoms with Crippen LogP contribution in [-0.4, -0.2) is 34.9 Å². The number of nitrogens with one attached hydrogen (secondary N) is 1. The van der Waals surface area contributed by atoms with Crippen molar-refractivity contribution >= 4 is 49.6 Å². The molecule has 10 heteroatoms. The maximum atomic E-state index is 12.8. The molecule has 8 nitrogen and oxygen atoms in total. The van der Waals surface area contributed by atoms with Crippen LogP contribution >= 0.6 is 11.8 Å². The highest BCUT2D eigenvalue weighted by molar-refractivity contribution is 8.13. The van der Waals surface area contributed by atoms with Crippen molar-refractivity contribution < 1.29 is 27.1 Å². The third-order valence-corrected chi connectivity index (χ3v) is 6.01. The standard InChI is InChI=1S/C19H18N2O6S2/c1-12(22)28-11-13(10-17-16-4-2-3-5-18(16)27-21-17)19(23)20-14-6-8-15(9-7-14)29(24,25)26/h2-9,13H,10-11H2,1H3,(H,20,23)(H,24,25,26). The Bertz CT molecular complexity index is 1140. The van der Waals surface area contributed by atoms with E-state index in [2.05, 4.69) is 10.5 Å². The van der Waals surface area contributed by atoms with Crippen molar-refractivity contribution in [3.63, 3.8) is 0 Å². The second-order valence-corrected chi connectivity index (χ2v) is 8.94. The van der Waals surface area contributed by atoms with Crippen LogP contribution in [-0.2, 0) is 26.1 Å². The van der Waals surface area contributed by atoms with Gasteiger partial charge in [-0.15, -0.1) is 0 Å². The quantitative estimate of drug-likeness (QED) is 0.543.